The molecule has 0 radical (unpaired) electrons. The Kier molecular flexibility index (Phi) is 6.55. The molecule has 1 aromatic carbocycles. The SMILES string of the molecule is C[C@H]1CCC[C@H](C)N1C(=O)C[NH+]1CCN(S(=O)(=O)c2ccccc2[N+](=O)[O-])CC1. The molecule has 0 aromatic heterocycles. The van der Waals surface area contributed by atoms with Crippen molar-refractivity contribution in [2.75, 3.05) is 32.7 Å². The van der Waals surface area contributed by atoms with Crippen LogP contribution in [0.2, 0.25) is 0 Å². The minimum atomic E-state index is -3.94. The smallest absolute Gasteiger partial charge is 0.289 e. The van der Waals surface area contributed by atoms with Gasteiger partial charge >= 0.3 is 0 Å². The average Bonchev–Trinajstić information content (AvgIpc) is 2.68. The maximum Gasteiger partial charge on any atom is 0.289 e. The van der Waals surface area contributed by atoms with Crippen LogP contribution in [-0.4, -0.2) is 73.3 Å². The number of nitro groups is 1. The number of quaternary nitrogens is 1. The fourth-order valence-corrected chi connectivity index (χ4v) is 6.00. The summed E-state index contributed by atoms with van der Waals surface area (Å²) in [5.41, 5.74) is -0.412. The highest BCUT2D eigenvalue weighted by molar-refractivity contribution is 7.89. The van der Waals surface area contributed by atoms with Gasteiger partial charge in [0, 0.05) is 18.2 Å². The Bertz CT molecular complexity index is 857. The van der Waals surface area contributed by atoms with Crippen molar-refractivity contribution in [2.24, 2.45) is 0 Å². The van der Waals surface area contributed by atoms with Crippen molar-refractivity contribution in [2.45, 2.75) is 50.1 Å². The van der Waals surface area contributed by atoms with Gasteiger partial charge in [0.25, 0.3) is 11.6 Å². The molecule has 1 aromatic rings. The Morgan fingerprint density at radius 3 is 2.34 bits per heavy atom. The molecular weight excluding hydrogens is 396 g/mol. The number of sulfonamides is 1. The number of piperazine rings is 1. The molecule has 2 heterocycles. The number of hydrogen-bond acceptors (Lipinski definition) is 5. The molecule has 2 fully saturated rings. The zero-order valence-corrected chi connectivity index (χ0v) is 17.7. The topological polar surface area (TPSA) is 105 Å². The van der Waals surface area contributed by atoms with E-state index in [0.717, 1.165) is 24.2 Å². The first-order chi connectivity index (χ1) is 13.7. The van der Waals surface area contributed by atoms with E-state index in [9.17, 15) is 23.3 Å². The van der Waals surface area contributed by atoms with E-state index in [0.29, 0.717) is 19.6 Å². The summed E-state index contributed by atoms with van der Waals surface area (Å²) in [6.07, 6.45) is 3.18. The van der Waals surface area contributed by atoms with Gasteiger partial charge in [0.15, 0.2) is 11.4 Å². The summed E-state index contributed by atoms with van der Waals surface area (Å²) >= 11 is 0. The molecule has 0 saturated carbocycles. The predicted octanol–water partition coefficient (Wildman–Crippen LogP) is 0.274. The minimum absolute atomic E-state index is 0.120. The van der Waals surface area contributed by atoms with Crippen LogP contribution in [0, 0.1) is 10.1 Å². The van der Waals surface area contributed by atoms with Crippen molar-refractivity contribution in [3.05, 3.63) is 34.4 Å². The standard InChI is InChI=1S/C19H28N4O5S/c1-15-6-5-7-16(2)22(15)19(24)14-20-10-12-21(13-11-20)29(27,28)18-9-4-3-8-17(18)23(25)26/h3-4,8-9,15-16H,5-7,10-14H2,1-2H3/p+1/t15-,16-/m0/s1. The normalized spacial score (nSPS) is 24.4. The molecule has 3 rings (SSSR count). The van der Waals surface area contributed by atoms with Crippen molar-refractivity contribution in [3.8, 4) is 0 Å². The third kappa shape index (κ3) is 4.59. The minimum Gasteiger partial charge on any atom is -0.332 e. The highest BCUT2D eigenvalue weighted by atomic mass is 32.2. The van der Waals surface area contributed by atoms with E-state index in [-0.39, 0.29) is 36.0 Å². The molecule has 0 unspecified atom stereocenters. The monoisotopic (exact) mass is 425 g/mol. The summed E-state index contributed by atoms with van der Waals surface area (Å²) in [5, 5.41) is 11.2. The molecule has 0 spiro atoms. The number of piperidine rings is 1. The van der Waals surface area contributed by atoms with E-state index in [1.807, 2.05) is 4.90 Å². The first-order valence-electron chi connectivity index (χ1n) is 10.1. The van der Waals surface area contributed by atoms with Gasteiger partial charge in [0.05, 0.1) is 31.1 Å². The van der Waals surface area contributed by atoms with Gasteiger partial charge in [-0.1, -0.05) is 12.1 Å². The molecule has 2 saturated heterocycles. The van der Waals surface area contributed by atoms with Crippen LogP contribution < -0.4 is 4.90 Å². The molecule has 29 heavy (non-hydrogen) atoms. The molecule has 160 valence electrons. The number of carbonyl (C=O) groups is 1. The zero-order chi connectivity index (χ0) is 21.2. The van der Waals surface area contributed by atoms with Crippen molar-refractivity contribution in [1.29, 1.82) is 0 Å². The van der Waals surface area contributed by atoms with Gasteiger partial charge in [-0.15, -0.1) is 0 Å². The molecule has 2 aliphatic rings. The van der Waals surface area contributed by atoms with E-state index < -0.39 is 20.6 Å². The van der Waals surface area contributed by atoms with Gasteiger partial charge in [-0.2, -0.15) is 4.31 Å². The van der Waals surface area contributed by atoms with Crippen molar-refractivity contribution in [3.63, 3.8) is 0 Å². The molecule has 0 aliphatic carbocycles. The Morgan fingerprint density at radius 1 is 1.17 bits per heavy atom. The van der Waals surface area contributed by atoms with Crippen LogP contribution in [0.4, 0.5) is 5.69 Å². The first-order valence-corrected chi connectivity index (χ1v) is 11.5. The lowest BCUT2D eigenvalue weighted by Gasteiger charge is -2.40. The van der Waals surface area contributed by atoms with E-state index in [1.165, 1.54) is 28.6 Å². The summed E-state index contributed by atoms with van der Waals surface area (Å²) in [6.45, 7) is 6.00. The number of nitrogens with zero attached hydrogens (tertiary/aromatic N) is 3. The second kappa shape index (κ2) is 8.76. The Morgan fingerprint density at radius 2 is 1.76 bits per heavy atom. The highest BCUT2D eigenvalue weighted by Crippen LogP contribution is 2.26. The second-order valence-corrected chi connectivity index (χ2v) is 9.89. The number of carbonyl (C=O) groups excluding carboxylic acids is 1. The quantitative estimate of drug-likeness (QED) is 0.539. The van der Waals surface area contributed by atoms with Gasteiger partial charge in [-0.25, -0.2) is 8.42 Å². The summed E-state index contributed by atoms with van der Waals surface area (Å²) < 4.78 is 27.1. The largest absolute Gasteiger partial charge is 0.332 e. The van der Waals surface area contributed by atoms with Crippen LogP contribution in [0.1, 0.15) is 33.1 Å². The molecular formula is C19H29N4O5S+. The highest BCUT2D eigenvalue weighted by Gasteiger charge is 2.36. The maximum atomic E-state index is 12.9. The number of rotatable bonds is 5. The lowest BCUT2D eigenvalue weighted by Crippen LogP contribution is -3.15. The molecule has 9 nitrogen and oxygen atoms in total. The van der Waals surface area contributed by atoms with Crippen LogP contribution in [-0.2, 0) is 14.8 Å². The average molecular weight is 426 g/mol. The Balaban J connectivity index is 1.63. The summed E-state index contributed by atoms with van der Waals surface area (Å²) in [4.78, 5) is 26.1. The maximum absolute atomic E-state index is 12.9. The Labute approximate surface area is 171 Å². The van der Waals surface area contributed by atoms with E-state index in [2.05, 4.69) is 13.8 Å². The van der Waals surface area contributed by atoms with Crippen molar-refractivity contribution < 1.29 is 23.0 Å². The van der Waals surface area contributed by atoms with Gasteiger partial charge in [-0.05, 0) is 39.2 Å². The number of para-hydroxylation sites is 1. The van der Waals surface area contributed by atoms with Crippen LogP contribution in [0.3, 0.4) is 0 Å². The molecule has 10 heteroatoms. The van der Waals surface area contributed by atoms with Crippen LogP contribution >= 0.6 is 0 Å². The predicted molar refractivity (Wildman–Crippen MR) is 107 cm³/mol. The third-order valence-corrected chi connectivity index (χ3v) is 7.94. The zero-order valence-electron chi connectivity index (χ0n) is 16.9. The number of hydrogen-bond donors (Lipinski definition) is 1. The van der Waals surface area contributed by atoms with Gasteiger partial charge in [0.1, 0.15) is 0 Å². The van der Waals surface area contributed by atoms with E-state index in [4.69, 9.17) is 0 Å². The third-order valence-electron chi connectivity index (χ3n) is 5.99. The molecule has 0 bridgehead atoms. The lowest BCUT2D eigenvalue weighted by atomic mass is 9.97. The summed E-state index contributed by atoms with van der Waals surface area (Å²) in [7, 11) is -3.94. The number of amides is 1. The van der Waals surface area contributed by atoms with E-state index in [1.54, 1.807) is 0 Å². The summed E-state index contributed by atoms with van der Waals surface area (Å²) in [6, 6.07) is 5.90. The number of nitro benzene ring substituents is 1. The number of likely N-dealkylation sites (tertiary alicyclic amines) is 1. The fourth-order valence-electron chi connectivity index (χ4n) is 4.40. The molecule has 1 amide bonds. The number of benzene rings is 1. The Hall–Kier alpha value is -2.04. The molecule has 2 aliphatic heterocycles. The van der Waals surface area contributed by atoms with Gasteiger partial charge in [0.2, 0.25) is 10.0 Å². The number of nitrogens with one attached hydrogen (secondary N) is 1. The van der Waals surface area contributed by atoms with E-state index >= 15 is 0 Å². The van der Waals surface area contributed by atoms with Crippen LogP contribution in [0.15, 0.2) is 29.2 Å². The fraction of sp³-hybridized carbons (Fsp3) is 0.632. The molecule has 2 atom stereocenters. The van der Waals surface area contributed by atoms with Crippen molar-refractivity contribution >= 4 is 21.6 Å². The second-order valence-electron chi connectivity index (χ2n) is 7.99. The summed E-state index contributed by atoms with van der Waals surface area (Å²) in [5.74, 6) is 0.120. The molecule has 1 N–H and O–H groups in total. The van der Waals surface area contributed by atoms with Crippen LogP contribution in [0.25, 0.3) is 0 Å². The van der Waals surface area contributed by atoms with Gasteiger partial charge < -0.3 is 9.80 Å². The van der Waals surface area contributed by atoms with Crippen molar-refractivity contribution in [1.82, 2.24) is 9.21 Å². The van der Waals surface area contributed by atoms with Crippen LogP contribution in [0.5, 0.6) is 0 Å². The lowest BCUT2D eigenvalue weighted by molar-refractivity contribution is -0.896. The first kappa shape index (κ1) is 21.7. The van der Waals surface area contributed by atoms with Gasteiger partial charge in [-0.3, -0.25) is 14.9 Å².